The van der Waals surface area contributed by atoms with Gasteiger partial charge in [0.05, 0.1) is 6.20 Å². The van der Waals surface area contributed by atoms with Crippen molar-refractivity contribution in [3.8, 4) is 0 Å². The molecule has 1 unspecified atom stereocenters. The molecule has 0 aliphatic carbocycles. The van der Waals surface area contributed by atoms with E-state index in [0.29, 0.717) is 24.7 Å². The van der Waals surface area contributed by atoms with Gasteiger partial charge in [-0.2, -0.15) is 0 Å². The lowest BCUT2D eigenvalue weighted by Crippen LogP contribution is -2.32. The zero-order chi connectivity index (χ0) is 15.2. The Balaban J connectivity index is 1.97. The highest BCUT2D eigenvalue weighted by Crippen LogP contribution is 2.12. The second-order valence-corrected chi connectivity index (χ2v) is 5.81. The van der Waals surface area contributed by atoms with Crippen LogP contribution in [0.1, 0.15) is 37.2 Å². The van der Waals surface area contributed by atoms with E-state index in [1.807, 2.05) is 13.8 Å². The Morgan fingerprint density at radius 2 is 2.43 bits per heavy atom. The maximum absolute atomic E-state index is 12.4. The van der Waals surface area contributed by atoms with Crippen molar-refractivity contribution in [2.24, 2.45) is 5.92 Å². The van der Waals surface area contributed by atoms with Crippen LogP contribution in [0.25, 0.3) is 0 Å². The summed E-state index contributed by atoms with van der Waals surface area (Å²) < 4.78 is 1.79. The number of carbonyl (C=O) groups excluding carboxylic acids is 1. The fourth-order valence-electron chi connectivity index (χ4n) is 2.65. The third-order valence-corrected chi connectivity index (χ3v) is 3.73. The monoisotopic (exact) mass is 291 g/mol. The Kier molecular flexibility index (Phi) is 5.50. The number of rotatable bonds is 6. The molecule has 1 amide bonds. The molecular formula is C15H25N5O. The van der Waals surface area contributed by atoms with E-state index in [9.17, 15) is 4.79 Å². The van der Waals surface area contributed by atoms with Gasteiger partial charge in [0.1, 0.15) is 0 Å². The SMILES string of the molecule is C=C(C)CN(CC)C(=O)c1cn(CC2CCCNC2)nn1. The van der Waals surface area contributed by atoms with Crippen molar-refractivity contribution >= 4 is 5.91 Å². The van der Waals surface area contributed by atoms with Gasteiger partial charge < -0.3 is 10.2 Å². The van der Waals surface area contributed by atoms with E-state index in [1.54, 1.807) is 15.8 Å². The number of likely N-dealkylation sites (N-methyl/N-ethyl adjacent to an activating group) is 1. The largest absolute Gasteiger partial charge is 0.334 e. The Morgan fingerprint density at radius 1 is 1.62 bits per heavy atom. The molecule has 116 valence electrons. The van der Waals surface area contributed by atoms with Crippen molar-refractivity contribution in [2.45, 2.75) is 33.2 Å². The first kappa shape index (κ1) is 15.7. The first-order valence-electron chi connectivity index (χ1n) is 7.64. The molecule has 6 heteroatoms. The summed E-state index contributed by atoms with van der Waals surface area (Å²) in [4.78, 5) is 14.1. The minimum atomic E-state index is -0.0754. The zero-order valence-electron chi connectivity index (χ0n) is 13.0. The Hall–Kier alpha value is -1.69. The third-order valence-electron chi connectivity index (χ3n) is 3.73. The number of carbonyl (C=O) groups is 1. The number of aromatic nitrogens is 3. The molecule has 1 aromatic rings. The van der Waals surface area contributed by atoms with Crippen molar-refractivity contribution in [1.82, 2.24) is 25.2 Å². The van der Waals surface area contributed by atoms with Gasteiger partial charge in [-0.05, 0) is 45.7 Å². The molecule has 6 nitrogen and oxygen atoms in total. The molecule has 1 saturated heterocycles. The summed E-state index contributed by atoms with van der Waals surface area (Å²) in [7, 11) is 0. The molecule has 0 radical (unpaired) electrons. The van der Waals surface area contributed by atoms with Crippen LogP contribution in [-0.2, 0) is 6.54 Å². The van der Waals surface area contributed by atoms with Crippen LogP contribution in [-0.4, -0.2) is 52.0 Å². The van der Waals surface area contributed by atoms with Gasteiger partial charge in [-0.1, -0.05) is 17.4 Å². The average Bonchev–Trinajstić information content (AvgIpc) is 2.93. The maximum Gasteiger partial charge on any atom is 0.276 e. The van der Waals surface area contributed by atoms with Gasteiger partial charge >= 0.3 is 0 Å². The third kappa shape index (κ3) is 4.39. The van der Waals surface area contributed by atoms with Crippen LogP contribution >= 0.6 is 0 Å². The van der Waals surface area contributed by atoms with Crippen LogP contribution in [0.5, 0.6) is 0 Å². The number of piperidine rings is 1. The minimum Gasteiger partial charge on any atom is -0.334 e. The highest BCUT2D eigenvalue weighted by Gasteiger charge is 2.19. The van der Waals surface area contributed by atoms with E-state index in [1.165, 1.54) is 12.8 Å². The number of hydrogen-bond donors (Lipinski definition) is 1. The molecule has 1 aliphatic heterocycles. The standard InChI is InChI=1S/C15H25N5O/c1-4-19(9-12(2)3)15(21)14-11-20(18-17-14)10-13-6-5-7-16-8-13/h11,13,16H,2,4-10H2,1,3H3. The molecule has 1 atom stereocenters. The molecule has 0 saturated carbocycles. The molecule has 2 heterocycles. The number of amides is 1. The quantitative estimate of drug-likeness (QED) is 0.803. The molecule has 1 N–H and O–H groups in total. The van der Waals surface area contributed by atoms with Gasteiger partial charge in [-0.15, -0.1) is 5.10 Å². The first-order chi connectivity index (χ1) is 10.1. The summed E-state index contributed by atoms with van der Waals surface area (Å²) >= 11 is 0. The molecule has 21 heavy (non-hydrogen) atoms. The van der Waals surface area contributed by atoms with Crippen molar-refractivity contribution < 1.29 is 4.79 Å². The summed E-state index contributed by atoms with van der Waals surface area (Å²) in [6.45, 7) is 11.9. The molecule has 1 fully saturated rings. The molecule has 0 bridgehead atoms. The molecule has 2 rings (SSSR count). The van der Waals surface area contributed by atoms with E-state index in [-0.39, 0.29) is 5.91 Å². The van der Waals surface area contributed by atoms with Crippen molar-refractivity contribution in [2.75, 3.05) is 26.2 Å². The van der Waals surface area contributed by atoms with Crippen LogP contribution in [0, 0.1) is 5.92 Å². The molecule has 1 aromatic heterocycles. The maximum atomic E-state index is 12.4. The first-order valence-corrected chi connectivity index (χ1v) is 7.64. The van der Waals surface area contributed by atoms with E-state index < -0.39 is 0 Å². The predicted octanol–water partition coefficient (Wildman–Crippen LogP) is 1.32. The Morgan fingerprint density at radius 3 is 3.05 bits per heavy atom. The topological polar surface area (TPSA) is 63.1 Å². The van der Waals surface area contributed by atoms with Crippen molar-refractivity contribution in [1.29, 1.82) is 0 Å². The van der Waals surface area contributed by atoms with Gasteiger partial charge in [-0.3, -0.25) is 9.48 Å². The smallest absolute Gasteiger partial charge is 0.276 e. The Labute approximate surface area is 126 Å². The fraction of sp³-hybridized carbons (Fsp3) is 0.667. The van der Waals surface area contributed by atoms with E-state index in [0.717, 1.165) is 25.2 Å². The van der Waals surface area contributed by atoms with Gasteiger partial charge in [-0.25, -0.2) is 0 Å². The van der Waals surface area contributed by atoms with Crippen LogP contribution in [0.4, 0.5) is 0 Å². The Bertz CT molecular complexity index is 490. The second-order valence-electron chi connectivity index (χ2n) is 5.81. The van der Waals surface area contributed by atoms with Gasteiger partial charge in [0, 0.05) is 19.6 Å². The fourth-order valence-corrected chi connectivity index (χ4v) is 2.65. The summed E-state index contributed by atoms with van der Waals surface area (Å²) in [6, 6.07) is 0. The molecule has 1 aliphatic rings. The van der Waals surface area contributed by atoms with E-state index in [2.05, 4.69) is 22.2 Å². The van der Waals surface area contributed by atoms with Gasteiger partial charge in [0.2, 0.25) is 0 Å². The summed E-state index contributed by atoms with van der Waals surface area (Å²) in [5, 5.41) is 11.5. The number of nitrogens with zero attached hydrogens (tertiary/aromatic N) is 4. The van der Waals surface area contributed by atoms with Gasteiger partial charge in [0.25, 0.3) is 5.91 Å². The average molecular weight is 291 g/mol. The summed E-state index contributed by atoms with van der Waals surface area (Å²) in [5.41, 5.74) is 1.38. The molecule has 0 spiro atoms. The summed E-state index contributed by atoms with van der Waals surface area (Å²) in [5.74, 6) is 0.495. The van der Waals surface area contributed by atoms with Crippen molar-refractivity contribution in [3.05, 3.63) is 24.0 Å². The molecule has 0 aromatic carbocycles. The van der Waals surface area contributed by atoms with E-state index >= 15 is 0 Å². The lowest BCUT2D eigenvalue weighted by molar-refractivity contribution is 0.0772. The van der Waals surface area contributed by atoms with E-state index in [4.69, 9.17) is 0 Å². The number of nitrogens with one attached hydrogen (secondary N) is 1. The van der Waals surface area contributed by atoms with Crippen molar-refractivity contribution in [3.63, 3.8) is 0 Å². The highest BCUT2D eigenvalue weighted by atomic mass is 16.2. The van der Waals surface area contributed by atoms with Crippen LogP contribution < -0.4 is 5.32 Å². The number of hydrogen-bond acceptors (Lipinski definition) is 4. The van der Waals surface area contributed by atoms with Crippen LogP contribution in [0.2, 0.25) is 0 Å². The molecular weight excluding hydrogens is 266 g/mol. The van der Waals surface area contributed by atoms with Gasteiger partial charge in [0.15, 0.2) is 5.69 Å². The highest BCUT2D eigenvalue weighted by molar-refractivity contribution is 5.92. The normalized spacial score (nSPS) is 18.5. The lowest BCUT2D eigenvalue weighted by atomic mass is 10.00. The second kappa shape index (κ2) is 7.36. The van der Waals surface area contributed by atoms with Crippen LogP contribution in [0.3, 0.4) is 0 Å². The van der Waals surface area contributed by atoms with Crippen LogP contribution in [0.15, 0.2) is 18.3 Å². The summed E-state index contributed by atoms with van der Waals surface area (Å²) in [6.07, 6.45) is 4.16. The predicted molar refractivity (Wildman–Crippen MR) is 82.0 cm³/mol. The lowest BCUT2D eigenvalue weighted by Gasteiger charge is -2.22. The minimum absolute atomic E-state index is 0.0754. The zero-order valence-corrected chi connectivity index (χ0v) is 13.0.